The highest BCUT2D eigenvalue weighted by Crippen LogP contribution is 2.57. The second kappa shape index (κ2) is 7.83. The van der Waals surface area contributed by atoms with Gasteiger partial charge in [-0.1, -0.05) is 64.5 Å². The molecule has 0 saturated heterocycles. The number of rotatable bonds is 2. The summed E-state index contributed by atoms with van der Waals surface area (Å²) in [5.41, 5.74) is 8.12. The van der Waals surface area contributed by atoms with Gasteiger partial charge in [0.25, 0.3) is 0 Å². The lowest BCUT2D eigenvalue weighted by molar-refractivity contribution is 0.303. The van der Waals surface area contributed by atoms with Crippen LogP contribution in [0.5, 0.6) is 0 Å². The van der Waals surface area contributed by atoms with E-state index in [1.165, 1.54) is 5.56 Å². The van der Waals surface area contributed by atoms with Crippen molar-refractivity contribution in [3.63, 3.8) is 0 Å². The van der Waals surface area contributed by atoms with E-state index in [9.17, 15) is 15.8 Å². The Morgan fingerprint density at radius 1 is 0.933 bits per heavy atom. The van der Waals surface area contributed by atoms with E-state index in [1.807, 2.05) is 42.5 Å². The van der Waals surface area contributed by atoms with E-state index in [0.717, 1.165) is 28.5 Å². The molecule has 0 aromatic heterocycles. The number of hydrogen-bond acceptors (Lipinski definition) is 4. The summed E-state index contributed by atoms with van der Waals surface area (Å²) in [5, 5.41) is 30.2. The van der Waals surface area contributed by atoms with Gasteiger partial charge in [-0.05, 0) is 53.5 Å². The molecule has 2 aromatic carbocycles. The molecule has 5 heteroatoms. The molecule has 2 aromatic rings. The van der Waals surface area contributed by atoms with Gasteiger partial charge in [0.2, 0.25) is 0 Å². The minimum Gasteiger partial charge on any atom is -0.399 e. The van der Waals surface area contributed by atoms with E-state index in [4.69, 9.17) is 5.73 Å². The number of fused-ring (bicyclic) bond motifs is 1. The number of halogens is 1. The first-order chi connectivity index (χ1) is 14.6. The molecule has 0 spiro atoms. The Hall–Kier alpha value is -3.33. The Bertz CT molecular complexity index is 1140. The van der Waals surface area contributed by atoms with Crippen LogP contribution < -0.4 is 5.73 Å². The van der Waals surface area contributed by atoms with Crippen LogP contribution in [0, 0.1) is 45.3 Å². The van der Waals surface area contributed by atoms with Crippen molar-refractivity contribution in [1.82, 2.24) is 0 Å². The van der Waals surface area contributed by atoms with Crippen LogP contribution in [0.15, 0.2) is 82.0 Å². The van der Waals surface area contributed by atoms with Crippen LogP contribution >= 0.6 is 15.9 Å². The highest BCUT2D eigenvalue weighted by atomic mass is 79.9. The molecule has 0 heterocycles. The van der Waals surface area contributed by atoms with Gasteiger partial charge in [-0.15, -0.1) is 0 Å². The van der Waals surface area contributed by atoms with Crippen LogP contribution in [0.25, 0.3) is 0 Å². The monoisotopic (exact) mass is 454 g/mol. The smallest absolute Gasteiger partial charge is 0.191 e. The van der Waals surface area contributed by atoms with Crippen LogP contribution in [0.2, 0.25) is 0 Å². The summed E-state index contributed by atoms with van der Waals surface area (Å²) < 4.78 is 0.921. The van der Waals surface area contributed by atoms with Gasteiger partial charge in [0, 0.05) is 10.4 Å². The average Bonchev–Trinajstić information content (AvgIpc) is 2.79. The van der Waals surface area contributed by atoms with Gasteiger partial charge in [0.15, 0.2) is 5.41 Å². The maximum Gasteiger partial charge on any atom is 0.191 e. The maximum atomic E-state index is 10.2. The molecule has 30 heavy (non-hydrogen) atoms. The zero-order valence-electron chi connectivity index (χ0n) is 16.2. The van der Waals surface area contributed by atoms with Gasteiger partial charge in [0.1, 0.15) is 6.07 Å². The van der Waals surface area contributed by atoms with E-state index in [0.29, 0.717) is 5.57 Å². The molecule has 0 bridgehead atoms. The van der Waals surface area contributed by atoms with E-state index < -0.39 is 11.3 Å². The fourth-order valence-electron chi connectivity index (χ4n) is 4.93. The number of benzene rings is 2. The van der Waals surface area contributed by atoms with Crippen molar-refractivity contribution in [2.24, 2.45) is 17.1 Å². The first kappa shape index (κ1) is 20.0. The van der Waals surface area contributed by atoms with Crippen LogP contribution in [-0.2, 0) is 0 Å². The normalized spacial score (nSPS) is 24.6. The minimum atomic E-state index is -1.58. The second-order valence-corrected chi connectivity index (χ2v) is 8.72. The Morgan fingerprint density at radius 2 is 1.60 bits per heavy atom. The topological polar surface area (TPSA) is 97.4 Å². The molecule has 4 nitrogen and oxygen atoms in total. The van der Waals surface area contributed by atoms with E-state index in [-0.39, 0.29) is 17.5 Å². The molecule has 0 saturated carbocycles. The molecule has 4 rings (SSSR count). The molecule has 2 N–H and O–H groups in total. The Balaban J connectivity index is 1.93. The van der Waals surface area contributed by atoms with Crippen molar-refractivity contribution in [1.29, 1.82) is 15.8 Å². The largest absolute Gasteiger partial charge is 0.399 e. The second-order valence-electron chi connectivity index (χ2n) is 7.81. The summed E-state index contributed by atoms with van der Waals surface area (Å²) in [6, 6.07) is 24.5. The number of nitrogens with zero attached hydrogens (tertiary/aromatic N) is 3. The van der Waals surface area contributed by atoms with Gasteiger partial charge >= 0.3 is 0 Å². The standard InChI is InChI=1S/C25H19BrN4/c26-19-9-6-17(7-10-19)23-21-12-18(16-4-2-1-3-5-16)8-11-20(21)22(13-27)24(30)25(23,14-28)15-29/h1-7,9-11,18,21,23H,8,12,30H2/t18?,21-,23+/m1/s1. The first-order valence-electron chi connectivity index (χ1n) is 9.79. The molecular formula is C25H19BrN4. The SMILES string of the molecule is N#CC1=C(N)C(C#N)(C#N)[C@@H](c2ccc(Br)cc2)[C@@H]2CC(c3ccccc3)CC=C12. The Morgan fingerprint density at radius 3 is 2.20 bits per heavy atom. The maximum absolute atomic E-state index is 10.2. The summed E-state index contributed by atoms with van der Waals surface area (Å²) in [4.78, 5) is 0. The summed E-state index contributed by atoms with van der Waals surface area (Å²) in [6.45, 7) is 0. The van der Waals surface area contributed by atoms with E-state index in [1.54, 1.807) is 0 Å². The molecule has 1 unspecified atom stereocenters. The van der Waals surface area contributed by atoms with Crippen molar-refractivity contribution in [3.8, 4) is 18.2 Å². The van der Waals surface area contributed by atoms with Gasteiger partial charge in [-0.2, -0.15) is 15.8 Å². The van der Waals surface area contributed by atoms with Crippen molar-refractivity contribution < 1.29 is 0 Å². The fourth-order valence-corrected chi connectivity index (χ4v) is 5.20. The Kier molecular flexibility index (Phi) is 5.21. The molecule has 146 valence electrons. The van der Waals surface area contributed by atoms with Crippen LogP contribution in [0.1, 0.15) is 35.8 Å². The van der Waals surface area contributed by atoms with Crippen LogP contribution in [0.3, 0.4) is 0 Å². The molecule has 0 fully saturated rings. The summed E-state index contributed by atoms with van der Waals surface area (Å²) in [6.07, 6.45) is 3.63. The molecule has 0 amide bonds. The summed E-state index contributed by atoms with van der Waals surface area (Å²) in [7, 11) is 0. The third kappa shape index (κ3) is 3.02. The quantitative estimate of drug-likeness (QED) is 0.652. The molecular weight excluding hydrogens is 436 g/mol. The zero-order valence-corrected chi connectivity index (χ0v) is 17.8. The van der Waals surface area contributed by atoms with Gasteiger partial charge in [0.05, 0.1) is 23.4 Å². The van der Waals surface area contributed by atoms with E-state index >= 15 is 0 Å². The lowest BCUT2D eigenvalue weighted by Crippen LogP contribution is -2.43. The van der Waals surface area contributed by atoms with E-state index in [2.05, 4.69) is 52.3 Å². The van der Waals surface area contributed by atoms with Crippen molar-refractivity contribution in [3.05, 3.63) is 93.1 Å². The predicted octanol–water partition coefficient (Wildman–Crippen LogP) is 5.44. The van der Waals surface area contributed by atoms with Gasteiger partial charge < -0.3 is 5.73 Å². The van der Waals surface area contributed by atoms with Crippen LogP contribution in [-0.4, -0.2) is 0 Å². The Labute approximate surface area is 184 Å². The lowest BCUT2D eigenvalue weighted by atomic mass is 9.55. The van der Waals surface area contributed by atoms with Crippen molar-refractivity contribution in [2.75, 3.05) is 0 Å². The molecule has 0 radical (unpaired) electrons. The number of allylic oxidation sites excluding steroid dienone is 4. The third-order valence-corrected chi connectivity index (χ3v) is 6.91. The highest BCUT2D eigenvalue weighted by Gasteiger charge is 2.54. The molecule has 0 aliphatic heterocycles. The third-order valence-electron chi connectivity index (χ3n) is 6.38. The average molecular weight is 455 g/mol. The summed E-state index contributed by atoms with van der Waals surface area (Å²) >= 11 is 3.46. The number of nitriles is 3. The predicted molar refractivity (Wildman–Crippen MR) is 117 cm³/mol. The van der Waals surface area contributed by atoms with Gasteiger partial charge in [-0.25, -0.2) is 0 Å². The molecule has 2 aliphatic rings. The minimum absolute atomic E-state index is 0.0728. The molecule has 2 aliphatic carbocycles. The zero-order chi connectivity index (χ0) is 21.3. The van der Waals surface area contributed by atoms with Crippen molar-refractivity contribution >= 4 is 15.9 Å². The highest BCUT2D eigenvalue weighted by molar-refractivity contribution is 9.10. The number of nitrogens with two attached hydrogens (primary N) is 1. The number of hydrogen-bond donors (Lipinski definition) is 1. The summed E-state index contributed by atoms with van der Waals surface area (Å²) in [5.74, 6) is -0.339. The lowest BCUT2D eigenvalue weighted by Gasteiger charge is -2.45. The van der Waals surface area contributed by atoms with Crippen molar-refractivity contribution in [2.45, 2.75) is 24.7 Å². The fraction of sp³-hybridized carbons (Fsp3) is 0.240. The first-order valence-corrected chi connectivity index (χ1v) is 10.6. The van der Waals surface area contributed by atoms with Gasteiger partial charge in [-0.3, -0.25) is 0 Å². The molecule has 3 atom stereocenters. The van der Waals surface area contributed by atoms with Crippen LogP contribution in [0.4, 0.5) is 0 Å².